The van der Waals surface area contributed by atoms with E-state index in [1.807, 2.05) is 39.5 Å². The number of piperidine rings is 1. The molecule has 118 valence electrons. The van der Waals surface area contributed by atoms with E-state index in [4.69, 9.17) is 4.74 Å². The molecule has 0 radical (unpaired) electrons. The highest BCUT2D eigenvalue weighted by Gasteiger charge is 2.44. The van der Waals surface area contributed by atoms with Gasteiger partial charge in [-0.3, -0.25) is 0 Å². The Bertz CT molecular complexity index is 355. The number of hydrogen-bond acceptors (Lipinski definition) is 3. The van der Waals surface area contributed by atoms with Crippen molar-refractivity contribution < 1.29 is 14.6 Å². The summed E-state index contributed by atoms with van der Waals surface area (Å²) in [5.41, 5.74) is -0.709. The van der Waals surface area contributed by atoms with Gasteiger partial charge >= 0.3 is 6.09 Å². The lowest BCUT2D eigenvalue weighted by Crippen LogP contribution is -2.57. The second-order valence-corrected chi connectivity index (χ2v) is 8.47. The summed E-state index contributed by atoms with van der Waals surface area (Å²) in [7, 11) is 0. The molecule has 1 amide bonds. The van der Waals surface area contributed by atoms with Crippen molar-refractivity contribution >= 4 is 6.09 Å². The number of hydrogen-bond donors (Lipinski definition) is 1. The molecular formula is C16H31NO3. The van der Waals surface area contributed by atoms with Crippen molar-refractivity contribution in [3.05, 3.63) is 0 Å². The predicted molar refractivity (Wildman–Crippen MR) is 80.6 cm³/mol. The molecule has 1 aliphatic heterocycles. The molecule has 0 bridgehead atoms. The van der Waals surface area contributed by atoms with Crippen LogP contribution in [0, 0.1) is 10.8 Å². The molecule has 1 atom stereocenters. The summed E-state index contributed by atoms with van der Waals surface area (Å²) in [6.07, 6.45) is 1.69. The molecule has 1 N–H and O–H groups in total. The Kier molecular flexibility index (Phi) is 4.79. The van der Waals surface area contributed by atoms with Gasteiger partial charge < -0.3 is 14.7 Å². The fraction of sp³-hybridized carbons (Fsp3) is 0.938. The van der Waals surface area contributed by atoms with Crippen molar-refractivity contribution in [3.8, 4) is 0 Å². The molecule has 0 aromatic rings. The first-order chi connectivity index (χ1) is 8.88. The molecule has 0 aliphatic carbocycles. The molecule has 1 unspecified atom stereocenters. The van der Waals surface area contributed by atoms with Crippen molar-refractivity contribution in [3.63, 3.8) is 0 Å². The summed E-state index contributed by atoms with van der Waals surface area (Å²) < 4.78 is 5.55. The molecule has 1 rings (SSSR count). The fourth-order valence-corrected chi connectivity index (χ4v) is 2.76. The summed E-state index contributed by atoms with van der Waals surface area (Å²) in [5.74, 6) is 0. The summed E-state index contributed by atoms with van der Waals surface area (Å²) in [6.45, 7) is 14.7. The molecule has 4 heteroatoms. The minimum Gasteiger partial charge on any atom is -0.444 e. The van der Waals surface area contributed by atoms with Gasteiger partial charge in [0.2, 0.25) is 0 Å². The average molecular weight is 285 g/mol. The molecule has 0 aromatic heterocycles. The van der Waals surface area contributed by atoms with E-state index in [0.29, 0.717) is 6.54 Å². The zero-order chi connectivity index (χ0) is 15.8. The van der Waals surface area contributed by atoms with Gasteiger partial charge in [0, 0.05) is 18.0 Å². The van der Waals surface area contributed by atoms with Gasteiger partial charge in [0.15, 0.2) is 0 Å². The minimum absolute atomic E-state index is 0.0235. The van der Waals surface area contributed by atoms with E-state index in [1.54, 1.807) is 0 Å². The summed E-state index contributed by atoms with van der Waals surface area (Å²) in [6, 6.07) is 0.0235. The third-order valence-corrected chi connectivity index (χ3v) is 4.01. The third-order valence-electron chi connectivity index (χ3n) is 4.01. The number of carbonyl (C=O) groups is 1. The van der Waals surface area contributed by atoms with Crippen molar-refractivity contribution in [2.75, 3.05) is 13.2 Å². The van der Waals surface area contributed by atoms with Crippen LogP contribution in [-0.2, 0) is 4.74 Å². The summed E-state index contributed by atoms with van der Waals surface area (Å²) >= 11 is 0. The Morgan fingerprint density at radius 3 is 2.30 bits per heavy atom. The second kappa shape index (κ2) is 5.55. The van der Waals surface area contributed by atoms with Gasteiger partial charge in [0.05, 0.1) is 6.61 Å². The third kappa shape index (κ3) is 4.37. The minimum atomic E-state index is -0.493. The number of aliphatic hydroxyl groups is 1. The lowest BCUT2D eigenvalue weighted by Gasteiger charge is -2.49. The Labute approximate surface area is 123 Å². The van der Waals surface area contributed by atoms with Crippen molar-refractivity contribution in [1.29, 1.82) is 0 Å². The monoisotopic (exact) mass is 285 g/mol. The van der Waals surface area contributed by atoms with Gasteiger partial charge in [0.1, 0.15) is 5.60 Å². The largest absolute Gasteiger partial charge is 0.444 e. The normalized spacial score (nSPS) is 23.6. The number of rotatable bonds is 2. The molecule has 1 aliphatic rings. The zero-order valence-electron chi connectivity index (χ0n) is 14.1. The van der Waals surface area contributed by atoms with E-state index >= 15 is 0 Å². The molecule has 20 heavy (non-hydrogen) atoms. The van der Waals surface area contributed by atoms with Gasteiger partial charge in [-0.1, -0.05) is 27.7 Å². The molecular weight excluding hydrogens is 254 g/mol. The van der Waals surface area contributed by atoms with Gasteiger partial charge in [-0.05, 0) is 39.0 Å². The van der Waals surface area contributed by atoms with Gasteiger partial charge in [-0.25, -0.2) is 4.79 Å². The Morgan fingerprint density at radius 1 is 1.30 bits per heavy atom. The smallest absolute Gasteiger partial charge is 0.410 e. The van der Waals surface area contributed by atoms with Crippen LogP contribution in [0.3, 0.4) is 0 Å². The van der Waals surface area contributed by atoms with E-state index < -0.39 is 5.60 Å². The van der Waals surface area contributed by atoms with Crippen LogP contribution < -0.4 is 0 Å². The molecule has 1 fully saturated rings. The molecule has 4 nitrogen and oxygen atoms in total. The lowest BCUT2D eigenvalue weighted by atomic mass is 9.73. The first kappa shape index (κ1) is 17.3. The first-order valence-corrected chi connectivity index (χ1v) is 7.48. The highest BCUT2D eigenvalue weighted by atomic mass is 16.6. The Morgan fingerprint density at radius 2 is 1.85 bits per heavy atom. The van der Waals surface area contributed by atoms with Gasteiger partial charge in [-0.15, -0.1) is 0 Å². The lowest BCUT2D eigenvalue weighted by molar-refractivity contribution is -0.0428. The van der Waals surface area contributed by atoms with Crippen LogP contribution in [0.5, 0.6) is 0 Å². The van der Waals surface area contributed by atoms with Crippen molar-refractivity contribution in [2.45, 2.75) is 73.0 Å². The maximum atomic E-state index is 12.5. The number of carbonyl (C=O) groups excluding carboxylic acids is 1. The van der Waals surface area contributed by atoms with E-state index in [-0.39, 0.29) is 29.6 Å². The highest BCUT2D eigenvalue weighted by Crippen LogP contribution is 2.39. The van der Waals surface area contributed by atoms with Crippen LogP contribution in [0.4, 0.5) is 4.79 Å². The topological polar surface area (TPSA) is 49.8 Å². The molecule has 0 aromatic carbocycles. The average Bonchev–Trinajstić information content (AvgIpc) is 2.25. The maximum Gasteiger partial charge on any atom is 0.410 e. The van der Waals surface area contributed by atoms with Crippen LogP contribution in [0.1, 0.15) is 61.3 Å². The highest BCUT2D eigenvalue weighted by molar-refractivity contribution is 5.69. The quantitative estimate of drug-likeness (QED) is 0.845. The van der Waals surface area contributed by atoms with Gasteiger partial charge in [0.25, 0.3) is 0 Å². The number of aliphatic hydroxyl groups excluding tert-OH is 1. The van der Waals surface area contributed by atoms with E-state index in [9.17, 15) is 9.90 Å². The van der Waals surface area contributed by atoms with Crippen LogP contribution in [0.25, 0.3) is 0 Å². The maximum absolute atomic E-state index is 12.5. The van der Waals surface area contributed by atoms with Crippen molar-refractivity contribution in [1.82, 2.24) is 4.90 Å². The van der Waals surface area contributed by atoms with Crippen LogP contribution in [0.2, 0.25) is 0 Å². The fourth-order valence-electron chi connectivity index (χ4n) is 2.76. The summed E-state index contributed by atoms with van der Waals surface area (Å²) in [4.78, 5) is 14.3. The number of amides is 1. The summed E-state index contributed by atoms with van der Waals surface area (Å²) in [5, 5.41) is 9.63. The van der Waals surface area contributed by atoms with Crippen LogP contribution in [-0.4, -0.2) is 40.9 Å². The number of likely N-dealkylation sites (tertiary alicyclic amines) is 1. The first-order valence-electron chi connectivity index (χ1n) is 7.48. The van der Waals surface area contributed by atoms with Crippen molar-refractivity contribution in [2.24, 2.45) is 10.8 Å². The molecule has 0 saturated carbocycles. The molecule has 1 saturated heterocycles. The Balaban J connectivity index is 2.97. The molecule has 0 spiro atoms. The van der Waals surface area contributed by atoms with E-state index in [2.05, 4.69) is 13.8 Å². The Hall–Kier alpha value is -0.770. The molecule has 1 heterocycles. The number of nitrogens with zero attached hydrogens (tertiary/aromatic N) is 1. The zero-order valence-corrected chi connectivity index (χ0v) is 14.1. The number of ether oxygens (including phenoxy) is 1. The van der Waals surface area contributed by atoms with E-state index in [1.165, 1.54) is 0 Å². The SMILES string of the molecule is CC1(C)CCC(C(C)(C)CO)N(C(=O)OC(C)(C)C)C1. The van der Waals surface area contributed by atoms with E-state index in [0.717, 1.165) is 12.8 Å². The second-order valence-electron chi connectivity index (χ2n) is 8.47. The standard InChI is InChI=1S/C16H31NO3/c1-14(2,3)20-13(19)17-10-15(4,5)9-8-12(17)16(6,7)11-18/h12,18H,8-11H2,1-7H3. The van der Waals surface area contributed by atoms with Gasteiger partial charge in [-0.2, -0.15) is 0 Å². The van der Waals surface area contributed by atoms with Crippen LogP contribution in [0.15, 0.2) is 0 Å². The predicted octanol–water partition coefficient (Wildman–Crippen LogP) is 3.43. The van der Waals surface area contributed by atoms with Crippen LogP contribution >= 0.6 is 0 Å².